The second kappa shape index (κ2) is 13.0. The first-order valence-corrected chi connectivity index (χ1v) is 11.9. The van der Waals surface area contributed by atoms with E-state index < -0.39 is 7.67 Å². The summed E-state index contributed by atoms with van der Waals surface area (Å²) in [5.74, 6) is -0.0201. The largest absolute Gasteiger partial charge is 0.370 e. The summed E-state index contributed by atoms with van der Waals surface area (Å²) in [5.41, 5.74) is 10.6. The van der Waals surface area contributed by atoms with Crippen molar-refractivity contribution in [2.75, 3.05) is 60.5 Å². The van der Waals surface area contributed by atoms with Gasteiger partial charge >= 0.3 is 7.67 Å². The van der Waals surface area contributed by atoms with Gasteiger partial charge in [-0.3, -0.25) is 19.1 Å². The molecule has 0 radical (unpaired) electrons. The van der Waals surface area contributed by atoms with Crippen molar-refractivity contribution in [3.8, 4) is 0 Å². The van der Waals surface area contributed by atoms with Crippen LogP contribution >= 0.6 is 7.67 Å². The van der Waals surface area contributed by atoms with Crippen LogP contribution in [0.5, 0.6) is 0 Å². The van der Waals surface area contributed by atoms with Crippen LogP contribution in [0.3, 0.4) is 0 Å². The number of carbonyl (C=O) groups is 2. The molecule has 0 aromatic heterocycles. The number of Topliss-reactive ketones (excluding diaryl/α,β-unsaturated/α-hetero) is 1. The minimum atomic E-state index is -3.05. The Hall–Kier alpha value is -1.52. The van der Waals surface area contributed by atoms with E-state index in [1.54, 1.807) is 35.4 Å². The summed E-state index contributed by atoms with van der Waals surface area (Å²) < 4.78 is 22.0. The van der Waals surface area contributed by atoms with Crippen molar-refractivity contribution in [2.24, 2.45) is 16.5 Å². The fourth-order valence-corrected chi connectivity index (χ4v) is 5.27. The molecule has 0 bridgehead atoms. The Morgan fingerprint density at radius 2 is 1.83 bits per heavy atom. The topological polar surface area (TPSA) is 147 Å². The maximum absolute atomic E-state index is 13.1. The monoisotopic (exact) mass is 447 g/mol. The fourth-order valence-electron chi connectivity index (χ4n) is 3.35. The zero-order valence-corrected chi connectivity index (χ0v) is 19.6. The van der Waals surface area contributed by atoms with Gasteiger partial charge in [-0.25, -0.2) is 9.34 Å². The number of piperazine rings is 1. The van der Waals surface area contributed by atoms with E-state index in [1.165, 1.54) is 0 Å². The van der Waals surface area contributed by atoms with Crippen molar-refractivity contribution in [1.82, 2.24) is 19.6 Å². The molecule has 30 heavy (non-hydrogen) atoms. The van der Waals surface area contributed by atoms with Crippen molar-refractivity contribution in [3.63, 3.8) is 0 Å². The molecular formula is C18H38N7O4P. The lowest BCUT2D eigenvalue weighted by molar-refractivity contribution is -0.134. The highest BCUT2D eigenvalue weighted by molar-refractivity contribution is 7.53. The van der Waals surface area contributed by atoms with Crippen LogP contribution in [-0.4, -0.2) is 98.4 Å². The highest BCUT2D eigenvalue weighted by Gasteiger charge is 2.37. The quantitative estimate of drug-likeness (QED) is 0.151. The molecule has 0 spiro atoms. The maximum Gasteiger partial charge on any atom is 0.345 e. The molecule has 1 heterocycles. The number of guanidine groups is 1. The first-order chi connectivity index (χ1) is 14.2. The third kappa shape index (κ3) is 7.96. The molecule has 1 amide bonds. The van der Waals surface area contributed by atoms with Gasteiger partial charge in [0.2, 0.25) is 5.91 Å². The van der Waals surface area contributed by atoms with Gasteiger partial charge in [0, 0.05) is 45.6 Å². The van der Waals surface area contributed by atoms with Crippen molar-refractivity contribution >= 4 is 25.3 Å². The number of rotatable bonds is 13. The second-order valence-corrected chi connectivity index (χ2v) is 9.95. The average Bonchev–Trinajstić information content (AvgIpc) is 2.71. The molecule has 1 rings (SSSR count). The molecule has 1 aliphatic heterocycles. The van der Waals surface area contributed by atoms with Gasteiger partial charge in [-0.1, -0.05) is 0 Å². The Balaban J connectivity index is 2.46. The van der Waals surface area contributed by atoms with Crippen molar-refractivity contribution in [2.45, 2.75) is 38.6 Å². The van der Waals surface area contributed by atoms with E-state index in [4.69, 9.17) is 16.0 Å². The number of carbonyl (C=O) groups excluding carboxylic acids is 2. The number of ketones is 1. The second-order valence-electron chi connectivity index (χ2n) is 7.35. The Kier molecular flexibility index (Phi) is 11.5. The van der Waals surface area contributed by atoms with Crippen LogP contribution in [0.1, 0.15) is 32.6 Å². The van der Waals surface area contributed by atoms with Crippen LogP contribution in [0.2, 0.25) is 0 Å². The SMILES string of the molecule is CCOP(=O)(N(C)C)N1CCN(C(=O)CCC(=O)C(CCCN=C(N)N)NC)CC1. The molecule has 11 nitrogen and oxygen atoms in total. The van der Waals surface area contributed by atoms with Crippen LogP contribution < -0.4 is 16.8 Å². The molecule has 1 aliphatic rings. The van der Waals surface area contributed by atoms with E-state index in [9.17, 15) is 14.2 Å². The lowest BCUT2D eigenvalue weighted by Crippen LogP contribution is -2.49. The summed E-state index contributed by atoms with van der Waals surface area (Å²) in [7, 11) is 2.14. The first kappa shape index (κ1) is 26.5. The molecule has 2 atom stereocenters. The van der Waals surface area contributed by atoms with Crippen LogP contribution in [0, 0.1) is 0 Å². The smallest absolute Gasteiger partial charge is 0.345 e. The number of hydrogen-bond donors (Lipinski definition) is 3. The normalized spacial score (nSPS) is 18.1. The number of nitrogens with zero attached hydrogens (tertiary/aromatic N) is 4. The summed E-state index contributed by atoms with van der Waals surface area (Å²) in [6.45, 7) is 4.51. The molecule has 12 heteroatoms. The Labute approximate surface area is 179 Å². The Bertz CT molecular complexity index is 632. The van der Waals surface area contributed by atoms with Gasteiger partial charge in [-0.05, 0) is 40.9 Å². The molecule has 1 saturated heterocycles. The van der Waals surface area contributed by atoms with E-state index >= 15 is 0 Å². The van der Waals surface area contributed by atoms with Crippen LogP contribution in [0.25, 0.3) is 0 Å². The standard InChI is InChI=1S/C18H38N7O4P/c1-5-29-30(28,23(3)4)25-13-11-24(12-14-25)17(27)9-8-16(26)15(21-2)7-6-10-22-18(19)20/h15,21H,5-14H2,1-4H3,(H4,19,20,22). The fraction of sp³-hybridized carbons (Fsp3) is 0.833. The number of aliphatic imine (C=N–C) groups is 1. The van der Waals surface area contributed by atoms with E-state index in [-0.39, 0.29) is 36.5 Å². The van der Waals surface area contributed by atoms with Gasteiger partial charge in [0.05, 0.1) is 12.6 Å². The molecule has 0 aromatic carbocycles. The lowest BCUT2D eigenvalue weighted by Gasteiger charge is -2.40. The zero-order chi connectivity index (χ0) is 22.7. The van der Waals surface area contributed by atoms with Gasteiger partial charge in [-0.15, -0.1) is 0 Å². The van der Waals surface area contributed by atoms with Gasteiger partial charge in [-0.2, -0.15) is 0 Å². The minimum Gasteiger partial charge on any atom is -0.370 e. The number of likely N-dealkylation sites (N-methyl/N-ethyl adjacent to an activating group) is 1. The van der Waals surface area contributed by atoms with Gasteiger partial charge in [0.15, 0.2) is 5.96 Å². The molecular weight excluding hydrogens is 409 g/mol. The summed E-state index contributed by atoms with van der Waals surface area (Å²) in [4.78, 5) is 30.6. The number of hydrogen-bond acceptors (Lipinski definition) is 6. The van der Waals surface area contributed by atoms with E-state index in [1.807, 2.05) is 6.92 Å². The number of nitrogens with two attached hydrogens (primary N) is 2. The molecule has 5 N–H and O–H groups in total. The molecule has 0 aliphatic carbocycles. The van der Waals surface area contributed by atoms with Gasteiger partial charge in [0.1, 0.15) is 5.78 Å². The minimum absolute atomic E-state index is 0.00245. The predicted octanol–water partition coefficient (Wildman–Crippen LogP) is -0.172. The van der Waals surface area contributed by atoms with E-state index in [0.717, 1.165) is 0 Å². The Morgan fingerprint density at radius 1 is 1.20 bits per heavy atom. The maximum atomic E-state index is 13.1. The van der Waals surface area contributed by atoms with Crippen LogP contribution in [0.15, 0.2) is 4.99 Å². The highest BCUT2D eigenvalue weighted by Crippen LogP contribution is 2.52. The highest BCUT2D eigenvalue weighted by atomic mass is 31.2. The lowest BCUT2D eigenvalue weighted by atomic mass is 10.0. The van der Waals surface area contributed by atoms with E-state index in [0.29, 0.717) is 52.2 Å². The third-order valence-electron chi connectivity index (χ3n) is 5.04. The predicted molar refractivity (Wildman–Crippen MR) is 118 cm³/mol. The van der Waals surface area contributed by atoms with Crippen molar-refractivity contribution in [3.05, 3.63) is 0 Å². The van der Waals surface area contributed by atoms with Crippen LogP contribution in [-0.2, 0) is 18.7 Å². The molecule has 174 valence electrons. The Morgan fingerprint density at radius 3 is 2.33 bits per heavy atom. The summed E-state index contributed by atoms with van der Waals surface area (Å²) >= 11 is 0. The zero-order valence-electron chi connectivity index (χ0n) is 18.7. The summed E-state index contributed by atoms with van der Waals surface area (Å²) in [6, 6.07) is -0.319. The van der Waals surface area contributed by atoms with Gasteiger partial charge < -0.3 is 26.2 Å². The number of nitrogens with one attached hydrogen (secondary N) is 1. The number of amides is 1. The van der Waals surface area contributed by atoms with E-state index in [2.05, 4.69) is 10.3 Å². The average molecular weight is 448 g/mol. The van der Waals surface area contributed by atoms with Crippen molar-refractivity contribution in [1.29, 1.82) is 0 Å². The first-order valence-electron chi connectivity index (χ1n) is 10.4. The molecule has 1 fully saturated rings. The van der Waals surface area contributed by atoms with Crippen LogP contribution in [0.4, 0.5) is 0 Å². The summed E-state index contributed by atoms with van der Waals surface area (Å²) in [5, 5.41) is 3.00. The van der Waals surface area contributed by atoms with Crippen molar-refractivity contribution < 1.29 is 18.7 Å². The molecule has 0 aromatic rings. The summed E-state index contributed by atoms with van der Waals surface area (Å²) in [6.07, 6.45) is 1.64. The molecule has 2 unspecified atom stereocenters. The van der Waals surface area contributed by atoms with Gasteiger partial charge in [0.25, 0.3) is 0 Å². The molecule has 0 saturated carbocycles. The third-order valence-corrected chi connectivity index (χ3v) is 7.76.